The predicted octanol–water partition coefficient (Wildman–Crippen LogP) is 6.22. The van der Waals surface area contributed by atoms with Gasteiger partial charge in [-0.2, -0.15) is 5.10 Å². The van der Waals surface area contributed by atoms with Gasteiger partial charge in [-0.05, 0) is 75.4 Å². The van der Waals surface area contributed by atoms with Crippen molar-refractivity contribution in [2.75, 3.05) is 58.0 Å². The van der Waals surface area contributed by atoms with Crippen LogP contribution in [0.1, 0.15) is 98.1 Å². The third kappa shape index (κ3) is 9.79. The fourth-order valence-corrected chi connectivity index (χ4v) is 9.16. The first-order valence-corrected chi connectivity index (χ1v) is 21.6. The van der Waals surface area contributed by atoms with Crippen LogP contribution < -0.4 is 16.4 Å². The molecule has 4 N–H and O–H groups in total. The summed E-state index contributed by atoms with van der Waals surface area (Å²) in [6.07, 6.45) is 1.29. The third-order valence-corrected chi connectivity index (χ3v) is 12.3. The summed E-state index contributed by atoms with van der Waals surface area (Å²) in [6.45, 7) is 15.0. The van der Waals surface area contributed by atoms with Crippen LogP contribution >= 0.6 is 22.9 Å². The maximum Gasteiger partial charge on any atom is 0.250 e. The Morgan fingerprint density at radius 1 is 0.918 bits per heavy atom. The van der Waals surface area contributed by atoms with E-state index in [1.54, 1.807) is 28.2 Å². The van der Waals surface area contributed by atoms with E-state index in [4.69, 9.17) is 41.6 Å². The first kappa shape index (κ1) is 43.8. The van der Waals surface area contributed by atoms with Crippen LogP contribution in [0.5, 0.6) is 0 Å². The number of aromatic nitrogens is 5. The Kier molecular flexibility index (Phi) is 13.5. The lowest BCUT2D eigenvalue weighted by atomic mass is 9.75. The summed E-state index contributed by atoms with van der Waals surface area (Å²) < 4.78 is 20.9. The molecule has 0 spiro atoms. The highest BCUT2D eigenvalue weighted by Crippen LogP contribution is 2.40. The van der Waals surface area contributed by atoms with Gasteiger partial charge in [0.2, 0.25) is 5.91 Å². The number of hydrogen-bond donors (Lipinski definition) is 3. The number of carbonyl (C=O) groups is 3. The Bertz CT molecular complexity index is 2470. The molecule has 3 aromatic heterocycles. The number of carbonyl (C=O) groups excluding carboxylic acids is 3. The number of primary amides is 1. The number of nitrogens with zero attached hydrogens (tertiary/aromatic N) is 6. The van der Waals surface area contributed by atoms with Crippen LogP contribution in [0.2, 0.25) is 5.02 Å². The zero-order chi connectivity index (χ0) is 43.4. The summed E-state index contributed by atoms with van der Waals surface area (Å²) in [5.41, 5.74) is 13.3. The third-order valence-electron chi connectivity index (χ3n) is 10.8. The number of aliphatic imine (C=N–C) groups is 1. The van der Waals surface area contributed by atoms with Crippen LogP contribution in [-0.2, 0) is 25.4 Å². The highest BCUT2D eigenvalue weighted by atomic mass is 35.5. The highest BCUT2D eigenvalue weighted by molar-refractivity contribution is 7.15. The second-order valence-corrected chi connectivity index (χ2v) is 17.7. The number of nitrogens with one attached hydrogen (secondary N) is 2. The van der Waals surface area contributed by atoms with Gasteiger partial charge in [-0.25, -0.2) is 4.68 Å². The van der Waals surface area contributed by atoms with E-state index in [0.717, 1.165) is 44.6 Å². The van der Waals surface area contributed by atoms with Gasteiger partial charge in [0.25, 0.3) is 5.91 Å². The molecule has 1 aliphatic heterocycles. The fourth-order valence-electron chi connectivity index (χ4n) is 7.82. The molecule has 17 heteroatoms. The SMILES string of the molecule is Cc1nn(-c2ccc(C(N)=O)c(NCCOCCOCCOCCNC(=O)C[C@@H]3N=C(c4ccc(Cl)cc4)c4c(sc(C)c4C)-n4c(C)nnc43)c2)c2c1C(=O)CC(C)(C)C2. The van der Waals surface area contributed by atoms with Gasteiger partial charge in [-0.3, -0.25) is 23.9 Å². The van der Waals surface area contributed by atoms with Crippen LogP contribution in [-0.4, -0.2) is 101 Å². The van der Waals surface area contributed by atoms with Gasteiger partial charge in [-0.15, -0.1) is 21.5 Å². The zero-order valence-electron chi connectivity index (χ0n) is 35.4. The van der Waals surface area contributed by atoms with Crippen molar-refractivity contribution in [2.24, 2.45) is 16.1 Å². The number of ketones is 1. The van der Waals surface area contributed by atoms with Gasteiger partial charge in [-0.1, -0.05) is 37.6 Å². The summed E-state index contributed by atoms with van der Waals surface area (Å²) in [5.74, 6) is 0.732. The van der Waals surface area contributed by atoms with Crippen molar-refractivity contribution in [1.29, 1.82) is 0 Å². The van der Waals surface area contributed by atoms with Gasteiger partial charge < -0.3 is 30.6 Å². The number of Topliss-reactive ketones (excluding diaryl/α,β-unsaturated/α-hetero) is 1. The van der Waals surface area contributed by atoms with Crippen LogP contribution in [0.15, 0.2) is 47.5 Å². The van der Waals surface area contributed by atoms with Crippen molar-refractivity contribution in [3.8, 4) is 10.7 Å². The van der Waals surface area contributed by atoms with E-state index in [-0.39, 0.29) is 23.5 Å². The molecule has 2 amide bonds. The number of hydrogen-bond acceptors (Lipinski definition) is 12. The quantitative estimate of drug-likeness (QED) is 0.0854. The Morgan fingerprint density at radius 2 is 1.61 bits per heavy atom. The number of thiophene rings is 1. The normalized spacial score (nSPS) is 15.4. The molecule has 0 fully saturated rings. The van der Waals surface area contributed by atoms with E-state index < -0.39 is 11.9 Å². The maximum atomic E-state index is 13.2. The van der Waals surface area contributed by atoms with Crippen molar-refractivity contribution in [2.45, 2.75) is 66.8 Å². The van der Waals surface area contributed by atoms with Gasteiger partial charge in [0.15, 0.2) is 11.6 Å². The number of nitrogens with two attached hydrogens (primary N) is 1. The second kappa shape index (κ2) is 18.8. The van der Waals surface area contributed by atoms with Crippen LogP contribution in [0, 0.1) is 33.1 Å². The number of amides is 2. The molecular formula is C44H52ClN9O6S. The molecule has 7 rings (SSSR count). The molecule has 0 saturated carbocycles. The number of aryl methyl sites for hydroxylation is 3. The second-order valence-electron chi connectivity index (χ2n) is 16.1. The first-order valence-electron chi connectivity index (χ1n) is 20.4. The molecule has 1 atom stereocenters. The molecule has 15 nitrogen and oxygen atoms in total. The summed E-state index contributed by atoms with van der Waals surface area (Å²) in [5, 5.41) is 21.4. The van der Waals surface area contributed by atoms with Crippen LogP contribution in [0.4, 0.5) is 5.69 Å². The van der Waals surface area contributed by atoms with E-state index in [1.807, 2.05) is 48.7 Å². The number of benzene rings is 2. The van der Waals surface area contributed by atoms with Gasteiger partial charge >= 0.3 is 0 Å². The molecule has 0 unspecified atom stereocenters. The molecule has 0 radical (unpaired) electrons. The number of ether oxygens (including phenoxy) is 3. The van der Waals surface area contributed by atoms with Crippen molar-refractivity contribution in [1.82, 2.24) is 29.9 Å². The van der Waals surface area contributed by atoms with E-state index >= 15 is 0 Å². The molecule has 2 aliphatic rings. The Morgan fingerprint density at radius 3 is 2.31 bits per heavy atom. The van der Waals surface area contributed by atoms with E-state index in [9.17, 15) is 14.4 Å². The van der Waals surface area contributed by atoms with E-state index in [1.165, 1.54) is 4.88 Å². The van der Waals surface area contributed by atoms with E-state index in [2.05, 4.69) is 48.5 Å². The molecule has 4 heterocycles. The molecule has 0 bridgehead atoms. The molecule has 322 valence electrons. The predicted molar refractivity (Wildman–Crippen MR) is 235 cm³/mol. The summed E-state index contributed by atoms with van der Waals surface area (Å²) >= 11 is 7.89. The average molecular weight is 870 g/mol. The topological polar surface area (TPSA) is 190 Å². The molecule has 2 aromatic carbocycles. The zero-order valence-corrected chi connectivity index (χ0v) is 37.0. The van der Waals surface area contributed by atoms with Crippen molar-refractivity contribution < 1.29 is 28.6 Å². The Balaban J connectivity index is 0.820. The van der Waals surface area contributed by atoms with Crippen molar-refractivity contribution in [3.05, 3.63) is 103 Å². The Labute approximate surface area is 364 Å². The molecule has 61 heavy (non-hydrogen) atoms. The smallest absolute Gasteiger partial charge is 0.250 e. The summed E-state index contributed by atoms with van der Waals surface area (Å²) in [7, 11) is 0. The number of halogens is 1. The lowest BCUT2D eigenvalue weighted by Gasteiger charge is -2.29. The number of rotatable bonds is 18. The fraction of sp³-hybridized carbons (Fsp3) is 0.432. The van der Waals surface area contributed by atoms with E-state index in [0.29, 0.717) is 98.9 Å². The average Bonchev–Trinajstić information content (AvgIpc) is 3.82. The summed E-state index contributed by atoms with van der Waals surface area (Å²) in [4.78, 5) is 44.7. The molecule has 0 saturated heterocycles. The molecule has 5 aromatic rings. The summed E-state index contributed by atoms with van der Waals surface area (Å²) in [6, 6.07) is 12.3. The molecular weight excluding hydrogens is 818 g/mol. The van der Waals surface area contributed by atoms with Crippen LogP contribution in [0.3, 0.4) is 0 Å². The highest BCUT2D eigenvalue weighted by Gasteiger charge is 2.36. The lowest BCUT2D eigenvalue weighted by molar-refractivity contribution is -0.121. The largest absolute Gasteiger partial charge is 0.382 e. The van der Waals surface area contributed by atoms with Gasteiger partial charge in [0.1, 0.15) is 16.9 Å². The van der Waals surface area contributed by atoms with Crippen molar-refractivity contribution >= 4 is 51.9 Å². The number of anilines is 1. The maximum absolute atomic E-state index is 13.2. The Hall–Kier alpha value is -5.26. The standard InChI is InChI=1S/C44H52ClN9O6S/c1-25-27(3)61-43-38(25)40(29-7-9-30(45)10-8-29)49-34(42-51-50-28(4)53(42)43)22-37(56)48-14-16-59-18-20-60-19-17-58-15-13-47-33-21-31(11-12-32(33)41(46)57)54-35-23-44(5,6)24-36(55)39(35)26(2)52-54/h7-12,21,34,47H,13-20,22-24H2,1-6H3,(H2,46,57)(H,48,56)/t34-/m0/s1. The minimum atomic E-state index is -0.555. The minimum absolute atomic E-state index is 0.0912. The first-order chi connectivity index (χ1) is 29.2. The van der Waals surface area contributed by atoms with Gasteiger partial charge in [0.05, 0.1) is 80.0 Å². The molecule has 1 aliphatic carbocycles. The van der Waals surface area contributed by atoms with Crippen LogP contribution in [0.25, 0.3) is 10.7 Å². The van der Waals surface area contributed by atoms with Gasteiger partial charge in [0, 0.05) is 46.2 Å². The number of fused-ring (bicyclic) bond motifs is 4. The van der Waals surface area contributed by atoms with Crippen molar-refractivity contribution in [3.63, 3.8) is 0 Å². The minimum Gasteiger partial charge on any atom is -0.382 e. The monoisotopic (exact) mass is 869 g/mol. The lowest BCUT2D eigenvalue weighted by Crippen LogP contribution is -2.29.